The van der Waals surface area contributed by atoms with Gasteiger partial charge >= 0.3 is 0 Å². The summed E-state index contributed by atoms with van der Waals surface area (Å²) in [6.45, 7) is 3.94. The molecule has 2 aromatic heterocycles. The summed E-state index contributed by atoms with van der Waals surface area (Å²) in [5, 5.41) is 3.96. The highest BCUT2D eigenvalue weighted by Gasteiger charge is 2.17. The molecule has 1 aromatic carbocycles. The molecule has 4 rings (SSSR count). The number of aromatic nitrogens is 2. The zero-order chi connectivity index (χ0) is 21.8. The van der Waals surface area contributed by atoms with Crippen LogP contribution >= 0.6 is 23.2 Å². The number of carbonyl (C=O) groups is 1. The molecule has 1 fully saturated rings. The molecule has 1 aliphatic heterocycles. The molecule has 1 N–H and O–H groups in total. The molecule has 0 amide bonds. The normalized spacial score (nSPS) is 14.5. The molecule has 0 unspecified atom stereocenters. The van der Waals surface area contributed by atoms with Gasteiger partial charge in [0.1, 0.15) is 17.5 Å². The van der Waals surface area contributed by atoms with Gasteiger partial charge in [0.2, 0.25) is 0 Å². The molecule has 3 heterocycles. The SMILES string of the molecule is CN1CCN(c2cccc(Nc3cc(CC(=O)c4c(Cl)cccc4Cl)ccn3)n2)CC1. The summed E-state index contributed by atoms with van der Waals surface area (Å²) in [7, 11) is 2.13. The van der Waals surface area contributed by atoms with Gasteiger partial charge in [0.25, 0.3) is 0 Å². The van der Waals surface area contributed by atoms with Gasteiger partial charge in [-0.1, -0.05) is 35.3 Å². The molecule has 1 saturated heterocycles. The highest BCUT2D eigenvalue weighted by molar-refractivity contribution is 6.39. The molecule has 31 heavy (non-hydrogen) atoms. The van der Waals surface area contributed by atoms with E-state index in [4.69, 9.17) is 28.2 Å². The fourth-order valence-corrected chi connectivity index (χ4v) is 4.13. The number of anilines is 3. The van der Waals surface area contributed by atoms with Gasteiger partial charge in [-0.05, 0) is 49.0 Å². The number of nitrogens with one attached hydrogen (secondary N) is 1. The maximum atomic E-state index is 12.7. The van der Waals surface area contributed by atoms with E-state index >= 15 is 0 Å². The van der Waals surface area contributed by atoms with Gasteiger partial charge in [-0.3, -0.25) is 4.79 Å². The van der Waals surface area contributed by atoms with Crippen molar-refractivity contribution in [1.82, 2.24) is 14.9 Å². The van der Waals surface area contributed by atoms with Gasteiger partial charge in [-0.2, -0.15) is 0 Å². The molecule has 0 spiro atoms. The number of ketones is 1. The van der Waals surface area contributed by atoms with Crippen LogP contribution in [0.2, 0.25) is 10.0 Å². The summed E-state index contributed by atoms with van der Waals surface area (Å²) in [5.74, 6) is 2.14. The maximum absolute atomic E-state index is 12.7. The molecular weight excluding hydrogens is 433 g/mol. The van der Waals surface area contributed by atoms with Crippen LogP contribution in [0.4, 0.5) is 17.5 Å². The Bertz CT molecular complexity index is 1060. The Hall–Kier alpha value is -2.67. The van der Waals surface area contributed by atoms with Gasteiger partial charge in [-0.15, -0.1) is 0 Å². The second-order valence-electron chi connectivity index (χ2n) is 7.54. The number of likely N-dealkylation sites (N-methyl/N-ethyl adjacent to an activating group) is 1. The molecule has 0 saturated carbocycles. The minimum Gasteiger partial charge on any atom is -0.354 e. The number of Topliss-reactive ketones (excluding diaryl/α,β-unsaturated/α-hetero) is 1. The number of hydrogen-bond donors (Lipinski definition) is 1. The Morgan fingerprint density at radius 3 is 2.45 bits per heavy atom. The third-order valence-electron chi connectivity index (χ3n) is 5.25. The van der Waals surface area contributed by atoms with Gasteiger partial charge in [0.05, 0.1) is 15.6 Å². The van der Waals surface area contributed by atoms with Gasteiger partial charge in [0, 0.05) is 38.8 Å². The van der Waals surface area contributed by atoms with Crippen LogP contribution < -0.4 is 10.2 Å². The van der Waals surface area contributed by atoms with Crippen LogP contribution in [0.5, 0.6) is 0 Å². The van der Waals surface area contributed by atoms with Crippen molar-refractivity contribution in [3.05, 3.63) is 75.9 Å². The summed E-state index contributed by atoms with van der Waals surface area (Å²) < 4.78 is 0. The van der Waals surface area contributed by atoms with Crippen molar-refractivity contribution < 1.29 is 4.79 Å². The largest absolute Gasteiger partial charge is 0.354 e. The first-order chi connectivity index (χ1) is 15.0. The predicted molar refractivity (Wildman–Crippen MR) is 126 cm³/mol. The van der Waals surface area contributed by atoms with Crippen molar-refractivity contribution in [2.45, 2.75) is 6.42 Å². The van der Waals surface area contributed by atoms with Crippen LogP contribution in [0, 0.1) is 0 Å². The van der Waals surface area contributed by atoms with E-state index in [2.05, 4.69) is 27.1 Å². The Morgan fingerprint density at radius 2 is 1.71 bits per heavy atom. The molecule has 6 nitrogen and oxygen atoms in total. The van der Waals surface area contributed by atoms with E-state index in [-0.39, 0.29) is 12.2 Å². The first kappa shape index (κ1) is 21.6. The number of benzene rings is 1. The van der Waals surface area contributed by atoms with E-state index in [1.54, 1.807) is 24.4 Å². The fraction of sp³-hybridized carbons (Fsp3) is 0.261. The second kappa shape index (κ2) is 9.64. The van der Waals surface area contributed by atoms with Gasteiger partial charge < -0.3 is 15.1 Å². The summed E-state index contributed by atoms with van der Waals surface area (Å²) in [6.07, 6.45) is 1.85. The molecular formula is C23H23Cl2N5O. The van der Waals surface area contributed by atoms with Gasteiger partial charge in [-0.25, -0.2) is 9.97 Å². The number of nitrogens with zero attached hydrogens (tertiary/aromatic N) is 4. The molecule has 0 atom stereocenters. The summed E-state index contributed by atoms with van der Waals surface area (Å²) >= 11 is 12.3. The van der Waals surface area contributed by atoms with Crippen molar-refractivity contribution >= 4 is 46.4 Å². The van der Waals surface area contributed by atoms with Crippen LogP contribution in [-0.2, 0) is 6.42 Å². The smallest absolute Gasteiger partial charge is 0.170 e. The zero-order valence-electron chi connectivity index (χ0n) is 17.2. The van der Waals surface area contributed by atoms with Gasteiger partial charge in [0.15, 0.2) is 5.78 Å². The minimum atomic E-state index is -0.136. The third kappa shape index (κ3) is 5.34. The second-order valence-corrected chi connectivity index (χ2v) is 8.36. The van der Waals surface area contributed by atoms with Crippen molar-refractivity contribution in [3.63, 3.8) is 0 Å². The lowest BCUT2D eigenvalue weighted by Crippen LogP contribution is -2.44. The lowest BCUT2D eigenvalue weighted by atomic mass is 10.0. The van der Waals surface area contributed by atoms with E-state index in [1.807, 2.05) is 30.3 Å². The Balaban J connectivity index is 1.47. The fourth-order valence-electron chi connectivity index (χ4n) is 3.53. The molecule has 160 valence electrons. The first-order valence-corrected chi connectivity index (χ1v) is 10.8. The van der Waals surface area contributed by atoms with Crippen LogP contribution in [0.25, 0.3) is 0 Å². The van der Waals surface area contributed by atoms with E-state index in [9.17, 15) is 4.79 Å². The highest BCUT2D eigenvalue weighted by Crippen LogP contribution is 2.26. The number of carbonyl (C=O) groups excluding carboxylic acids is 1. The number of halogens is 2. The molecule has 0 aliphatic carbocycles. The van der Waals surface area contributed by atoms with Crippen LogP contribution in [0.3, 0.4) is 0 Å². The average molecular weight is 456 g/mol. The van der Waals surface area contributed by atoms with Crippen molar-refractivity contribution in [2.24, 2.45) is 0 Å². The zero-order valence-corrected chi connectivity index (χ0v) is 18.7. The number of piperazine rings is 1. The van der Waals surface area contributed by atoms with Crippen LogP contribution in [0.1, 0.15) is 15.9 Å². The van der Waals surface area contributed by atoms with Crippen molar-refractivity contribution in [3.8, 4) is 0 Å². The van der Waals surface area contributed by atoms with Crippen LogP contribution in [-0.4, -0.2) is 53.9 Å². The van der Waals surface area contributed by atoms with Crippen LogP contribution in [0.15, 0.2) is 54.7 Å². The Labute approximate surface area is 191 Å². The third-order valence-corrected chi connectivity index (χ3v) is 5.88. The lowest BCUT2D eigenvalue weighted by molar-refractivity contribution is 0.0993. The van der Waals surface area contributed by atoms with E-state index in [0.717, 1.165) is 37.6 Å². The first-order valence-electron chi connectivity index (χ1n) is 10.1. The average Bonchev–Trinajstić information content (AvgIpc) is 2.74. The topological polar surface area (TPSA) is 61.4 Å². The summed E-state index contributed by atoms with van der Waals surface area (Å²) in [6, 6.07) is 14.6. The molecule has 0 bridgehead atoms. The quantitative estimate of drug-likeness (QED) is 0.543. The predicted octanol–water partition coefficient (Wildman–Crippen LogP) is 4.70. The Kier molecular flexibility index (Phi) is 6.70. The summed E-state index contributed by atoms with van der Waals surface area (Å²) in [5.41, 5.74) is 1.16. The highest BCUT2D eigenvalue weighted by atomic mass is 35.5. The number of pyridine rings is 2. The number of hydrogen-bond acceptors (Lipinski definition) is 6. The monoisotopic (exact) mass is 455 g/mol. The van der Waals surface area contributed by atoms with Crippen molar-refractivity contribution in [2.75, 3.05) is 43.4 Å². The van der Waals surface area contributed by atoms with E-state index < -0.39 is 0 Å². The lowest BCUT2D eigenvalue weighted by Gasteiger charge is -2.33. The molecule has 0 radical (unpaired) electrons. The molecule has 8 heteroatoms. The van der Waals surface area contributed by atoms with E-state index in [0.29, 0.717) is 27.2 Å². The molecule has 1 aliphatic rings. The standard InChI is InChI=1S/C23H23Cl2N5O/c1-29-10-12-30(13-11-29)22-7-3-6-20(28-22)27-21-15-16(8-9-26-21)14-19(31)23-17(24)4-2-5-18(23)25/h2-9,15H,10-14H2,1H3,(H,26,27,28). The maximum Gasteiger partial charge on any atom is 0.170 e. The summed E-state index contributed by atoms with van der Waals surface area (Å²) in [4.78, 5) is 26.4. The van der Waals surface area contributed by atoms with E-state index in [1.165, 1.54) is 0 Å². The van der Waals surface area contributed by atoms with Crippen molar-refractivity contribution in [1.29, 1.82) is 0 Å². The number of rotatable bonds is 6. The Morgan fingerprint density at radius 1 is 1.00 bits per heavy atom. The minimum absolute atomic E-state index is 0.136. The molecule has 3 aromatic rings.